The van der Waals surface area contributed by atoms with E-state index < -0.39 is 0 Å². The van der Waals surface area contributed by atoms with Gasteiger partial charge in [0.2, 0.25) is 0 Å². The van der Waals surface area contributed by atoms with Crippen LogP contribution < -0.4 is 10.9 Å². The Labute approximate surface area is 64.2 Å². The fourth-order valence-electron chi connectivity index (χ4n) is 0.973. The van der Waals surface area contributed by atoms with Gasteiger partial charge in [-0.25, -0.2) is 5.43 Å². The number of hydrogen-bond acceptors (Lipinski definition) is 2. The highest BCUT2D eigenvalue weighted by atomic mass is 35.5. The van der Waals surface area contributed by atoms with Crippen LogP contribution in [0.1, 0.15) is 5.56 Å². The predicted molar refractivity (Wildman–Crippen MR) is 41.4 cm³/mol. The lowest BCUT2D eigenvalue weighted by atomic mass is 10.2. The summed E-state index contributed by atoms with van der Waals surface area (Å²) in [4.78, 5) is 0. The number of nitrogens with one attached hydrogen (secondary N) is 2. The highest BCUT2D eigenvalue weighted by Crippen LogP contribution is 2.28. The molecule has 1 radical (unpaired) electrons. The summed E-state index contributed by atoms with van der Waals surface area (Å²) in [7, 11) is 0. The van der Waals surface area contributed by atoms with Crippen LogP contribution in [0.5, 0.6) is 0 Å². The van der Waals surface area contributed by atoms with Crippen molar-refractivity contribution in [2.75, 3.05) is 5.43 Å². The van der Waals surface area contributed by atoms with Gasteiger partial charge >= 0.3 is 0 Å². The zero-order chi connectivity index (χ0) is 6.97. The number of benzene rings is 1. The highest BCUT2D eigenvalue weighted by Gasteiger charge is 2.18. The Balaban J connectivity index is 2.51. The number of rotatable bonds is 0. The number of hydrazine groups is 1. The number of halogens is 1. The van der Waals surface area contributed by atoms with Gasteiger partial charge in [-0.3, -0.25) is 0 Å². The zero-order valence-electron chi connectivity index (χ0n) is 5.19. The molecule has 0 unspecified atom stereocenters. The standard InChI is InChI=1S/C7H6ClN2/c8-7-5-3-1-2-4-6(5)9-10-7/h1-4,9-10H. The molecule has 1 heterocycles. The summed E-state index contributed by atoms with van der Waals surface area (Å²) < 4.78 is 0. The van der Waals surface area contributed by atoms with Crippen LogP contribution in [-0.2, 0) is 0 Å². The molecule has 51 valence electrons. The maximum Gasteiger partial charge on any atom is 0.176 e. The Hall–Kier alpha value is -0.730. The molecule has 2 rings (SSSR count). The molecule has 2 N–H and O–H groups in total. The fraction of sp³-hybridized carbons (Fsp3) is 0. The first-order chi connectivity index (χ1) is 4.88. The van der Waals surface area contributed by atoms with Crippen LogP contribution in [0.15, 0.2) is 24.3 Å². The lowest BCUT2D eigenvalue weighted by Gasteiger charge is -1.94. The molecule has 0 spiro atoms. The lowest BCUT2D eigenvalue weighted by Crippen LogP contribution is -2.14. The second-order valence-electron chi connectivity index (χ2n) is 2.11. The number of para-hydroxylation sites is 1. The van der Waals surface area contributed by atoms with Gasteiger partial charge in [-0.05, 0) is 6.07 Å². The first kappa shape index (κ1) is 6.01. The molecule has 1 aromatic rings. The van der Waals surface area contributed by atoms with E-state index in [4.69, 9.17) is 11.6 Å². The smallest absolute Gasteiger partial charge is 0.176 e. The zero-order valence-corrected chi connectivity index (χ0v) is 5.94. The molecule has 0 amide bonds. The van der Waals surface area contributed by atoms with Gasteiger partial charge in [0.15, 0.2) is 5.50 Å². The van der Waals surface area contributed by atoms with E-state index in [2.05, 4.69) is 10.9 Å². The maximum absolute atomic E-state index is 5.79. The van der Waals surface area contributed by atoms with E-state index >= 15 is 0 Å². The van der Waals surface area contributed by atoms with Gasteiger partial charge in [-0.1, -0.05) is 29.8 Å². The van der Waals surface area contributed by atoms with Crippen LogP contribution in [0.25, 0.3) is 0 Å². The molecule has 1 aliphatic rings. The van der Waals surface area contributed by atoms with E-state index in [1.807, 2.05) is 24.3 Å². The first-order valence-electron chi connectivity index (χ1n) is 3.02. The Morgan fingerprint density at radius 3 is 2.70 bits per heavy atom. The minimum absolute atomic E-state index is 0.663. The molecule has 2 nitrogen and oxygen atoms in total. The minimum atomic E-state index is 0.663. The quantitative estimate of drug-likeness (QED) is 0.555. The van der Waals surface area contributed by atoms with Crippen LogP contribution in [0, 0.1) is 5.50 Å². The van der Waals surface area contributed by atoms with Crippen molar-refractivity contribution in [3.8, 4) is 0 Å². The molecular weight excluding hydrogens is 148 g/mol. The Morgan fingerprint density at radius 1 is 1.10 bits per heavy atom. The summed E-state index contributed by atoms with van der Waals surface area (Å²) in [6, 6.07) is 7.85. The van der Waals surface area contributed by atoms with Gasteiger partial charge in [0.05, 0.1) is 5.69 Å². The van der Waals surface area contributed by atoms with E-state index in [0.717, 1.165) is 11.3 Å². The third-order valence-corrected chi connectivity index (χ3v) is 1.77. The molecule has 0 saturated carbocycles. The van der Waals surface area contributed by atoms with Crippen LogP contribution in [-0.4, -0.2) is 0 Å². The van der Waals surface area contributed by atoms with Crippen LogP contribution >= 0.6 is 11.6 Å². The summed E-state index contributed by atoms with van der Waals surface area (Å²) >= 11 is 5.79. The molecule has 1 aromatic carbocycles. The van der Waals surface area contributed by atoms with Crippen molar-refractivity contribution in [1.29, 1.82) is 0 Å². The minimum Gasteiger partial charge on any atom is -0.319 e. The molecular formula is C7H6ClN2. The topological polar surface area (TPSA) is 24.1 Å². The predicted octanol–water partition coefficient (Wildman–Crippen LogP) is 1.69. The average molecular weight is 154 g/mol. The fourth-order valence-corrected chi connectivity index (χ4v) is 1.19. The van der Waals surface area contributed by atoms with Gasteiger partial charge in [0, 0.05) is 5.56 Å². The molecule has 0 fully saturated rings. The lowest BCUT2D eigenvalue weighted by molar-refractivity contribution is 1.00. The van der Waals surface area contributed by atoms with Crippen molar-refractivity contribution in [3.63, 3.8) is 0 Å². The van der Waals surface area contributed by atoms with E-state index in [1.165, 1.54) is 0 Å². The molecule has 0 bridgehead atoms. The number of fused-ring (bicyclic) bond motifs is 1. The van der Waals surface area contributed by atoms with Crippen molar-refractivity contribution in [3.05, 3.63) is 35.3 Å². The van der Waals surface area contributed by atoms with Gasteiger partial charge in [-0.2, -0.15) is 0 Å². The second-order valence-corrected chi connectivity index (χ2v) is 2.49. The molecule has 1 aliphatic heterocycles. The van der Waals surface area contributed by atoms with Crippen molar-refractivity contribution >= 4 is 17.3 Å². The highest BCUT2D eigenvalue weighted by molar-refractivity contribution is 6.29. The summed E-state index contributed by atoms with van der Waals surface area (Å²) in [6.45, 7) is 0. The molecule has 10 heavy (non-hydrogen) atoms. The van der Waals surface area contributed by atoms with E-state index in [-0.39, 0.29) is 0 Å². The van der Waals surface area contributed by atoms with Crippen molar-refractivity contribution in [1.82, 2.24) is 5.43 Å². The summed E-state index contributed by atoms with van der Waals surface area (Å²) in [5.41, 5.74) is 8.48. The largest absolute Gasteiger partial charge is 0.319 e. The average Bonchev–Trinajstić information content (AvgIpc) is 2.34. The van der Waals surface area contributed by atoms with E-state index in [9.17, 15) is 0 Å². The maximum atomic E-state index is 5.79. The van der Waals surface area contributed by atoms with Gasteiger partial charge in [0.1, 0.15) is 0 Å². The Bertz CT molecular complexity index is 249. The Kier molecular flexibility index (Phi) is 1.29. The Morgan fingerprint density at radius 2 is 1.90 bits per heavy atom. The van der Waals surface area contributed by atoms with E-state index in [1.54, 1.807) is 0 Å². The van der Waals surface area contributed by atoms with Gasteiger partial charge in [-0.15, -0.1) is 0 Å². The van der Waals surface area contributed by atoms with E-state index in [0.29, 0.717) is 5.50 Å². The number of anilines is 1. The van der Waals surface area contributed by atoms with Crippen LogP contribution in [0.2, 0.25) is 0 Å². The van der Waals surface area contributed by atoms with Crippen molar-refractivity contribution < 1.29 is 0 Å². The third-order valence-electron chi connectivity index (χ3n) is 1.47. The number of hydrogen-bond donors (Lipinski definition) is 2. The molecule has 0 atom stereocenters. The monoisotopic (exact) mass is 153 g/mol. The second kappa shape index (κ2) is 2.15. The molecule has 3 heteroatoms. The normalized spacial score (nSPS) is 16.5. The van der Waals surface area contributed by atoms with Crippen LogP contribution in [0.4, 0.5) is 5.69 Å². The summed E-state index contributed by atoms with van der Waals surface area (Å²) in [5, 5.41) is 0. The van der Waals surface area contributed by atoms with Crippen molar-refractivity contribution in [2.45, 2.75) is 0 Å². The van der Waals surface area contributed by atoms with Crippen molar-refractivity contribution in [2.24, 2.45) is 0 Å². The molecule has 0 saturated heterocycles. The first-order valence-corrected chi connectivity index (χ1v) is 3.39. The summed E-state index contributed by atoms with van der Waals surface area (Å²) in [5.74, 6) is 0. The van der Waals surface area contributed by atoms with Crippen LogP contribution in [0.3, 0.4) is 0 Å². The van der Waals surface area contributed by atoms with Gasteiger partial charge in [0.25, 0.3) is 0 Å². The molecule has 0 aromatic heterocycles. The molecule has 0 aliphatic carbocycles. The third kappa shape index (κ3) is 0.770. The van der Waals surface area contributed by atoms with Gasteiger partial charge < -0.3 is 5.43 Å². The summed E-state index contributed by atoms with van der Waals surface area (Å²) in [6.07, 6.45) is 0. The SMILES string of the molecule is Cl[C]1NNc2ccccc21.